The molecule has 0 fully saturated rings. The van der Waals surface area contributed by atoms with Gasteiger partial charge in [0.2, 0.25) is 5.91 Å². The molecule has 0 saturated carbocycles. The van der Waals surface area contributed by atoms with E-state index in [1.165, 1.54) is 0 Å². The highest BCUT2D eigenvalue weighted by atomic mass is 79.9. The molecule has 118 valence electrons. The summed E-state index contributed by atoms with van der Waals surface area (Å²) in [6, 6.07) is 7.09. The number of nitrogens with zero attached hydrogens (tertiary/aromatic N) is 1. The van der Waals surface area contributed by atoms with Gasteiger partial charge in [0.05, 0.1) is 5.75 Å². The summed E-state index contributed by atoms with van der Waals surface area (Å²) < 4.78 is 25.2. The van der Waals surface area contributed by atoms with E-state index in [1.807, 2.05) is 33.8 Å². The minimum atomic E-state index is -3.47. The van der Waals surface area contributed by atoms with Crippen LogP contribution in [0.1, 0.15) is 33.3 Å². The number of carbonyl (C=O) groups excluding carboxylic acids is 1. The fraction of sp³-hybridized carbons (Fsp3) is 0.533. The van der Waals surface area contributed by atoms with Gasteiger partial charge in [0, 0.05) is 16.6 Å². The SMILES string of the molecule is CC(C)N(C(=O)CS(=O)(=O)Cc1cccc(Br)c1)C(C)C. The number of hydrogen-bond acceptors (Lipinski definition) is 3. The smallest absolute Gasteiger partial charge is 0.238 e. The van der Waals surface area contributed by atoms with Crippen LogP contribution < -0.4 is 0 Å². The van der Waals surface area contributed by atoms with Gasteiger partial charge in [-0.15, -0.1) is 0 Å². The van der Waals surface area contributed by atoms with Crippen LogP contribution in [0.4, 0.5) is 0 Å². The van der Waals surface area contributed by atoms with Crippen molar-refractivity contribution in [3.63, 3.8) is 0 Å². The topological polar surface area (TPSA) is 54.5 Å². The zero-order valence-corrected chi connectivity index (χ0v) is 15.2. The second-order valence-electron chi connectivity index (χ2n) is 5.65. The average molecular weight is 376 g/mol. The molecule has 4 nitrogen and oxygen atoms in total. The number of amides is 1. The molecule has 1 aromatic rings. The molecule has 21 heavy (non-hydrogen) atoms. The Morgan fingerprint density at radius 3 is 2.24 bits per heavy atom. The molecule has 1 aromatic carbocycles. The highest BCUT2D eigenvalue weighted by Gasteiger charge is 2.25. The van der Waals surface area contributed by atoms with E-state index in [0.29, 0.717) is 5.56 Å². The number of rotatable bonds is 6. The average Bonchev–Trinajstić information content (AvgIpc) is 2.25. The van der Waals surface area contributed by atoms with Crippen LogP contribution in [-0.4, -0.2) is 37.1 Å². The van der Waals surface area contributed by atoms with E-state index in [-0.39, 0.29) is 23.7 Å². The van der Waals surface area contributed by atoms with Crippen LogP contribution in [0, 0.1) is 0 Å². The molecule has 6 heteroatoms. The summed E-state index contributed by atoms with van der Waals surface area (Å²) in [7, 11) is -3.47. The molecule has 0 saturated heterocycles. The normalized spacial score (nSPS) is 12.0. The Bertz CT molecular complexity index is 589. The van der Waals surface area contributed by atoms with Crippen molar-refractivity contribution in [2.75, 3.05) is 5.75 Å². The van der Waals surface area contributed by atoms with Crippen LogP contribution in [0.2, 0.25) is 0 Å². The molecule has 0 aliphatic rings. The Morgan fingerprint density at radius 2 is 1.76 bits per heavy atom. The van der Waals surface area contributed by atoms with Crippen LogP contribution in [0.25, 0.3) is 0 Å². The molecule has 0 bridgehead atoms. The lowest BCUT2D eigenvalue weighted by Crippen LogP contribution is -2.44. The van der Waals surface area contributed by atoms with Crippen LogP contribution in [0.15, 0.2) is 28.7 Å². The first-order chi connectivity index (χ1) is 9.62. The lowest BCUT2D eigenvalue weighted by molar-refractivity contribution is -0.131. The Balaban J connectivity index is 2.83. The third-order valence-electron chi connectivity index (χ3n) is 3.02. The van der Waals surface area contributed by atoms with Crippen molar-refractivity contribution in [3.05, 3.63) is 34.3 Å². The third-order valence-corrected chi connectivity index (χ3v) is 4.97. The van der Waals surface area contributed by atoms with Gasteiger partial charge >= 0.3 is 0 Å². The van der Waals surface area contributed by atoms with Crippen molar-refractivity contribution in [1.29, 1.82) is 0 Å². The lowest BCUT2D eigenvalue weighted by atomic mass is 10.2. The number of benzene rings is 1. The quantitative estimate of drug-likeness (QED) is 0.767. The number of hydrogen-bond donors (Lipinski definition) is 0. The summed E-state index contributed by atoms with van der Waals surface area (Å²) in [5.74, 6) is -0.909. The van der Waals surface area contributed by atoms with E-state index in [9.17, 15) is 13.2 Å². The highest BCUT2D eigenvalue weighted by Crippen LogP contribution is 2.15. The maximum Gasteiger partial charge on any atom is 0.238 e. The number of carbonyl (C=O) groups is 1. The van der Waals surface area contributed by atoms with Crippen molar-refractivity contribution < 1.29 is 13.2 Å². The first-order valence-electron chi connectivity index (χ1n) is 6.88. The molecule has 0 unspecified atom stereocenters. The number of sulfone groups is 1. The molecule has 0 aromatic heterocycles. The molecule has 0 radical (unpaired) electrons. The molecule has 0 aliphatic carbocycles. The molecule has 0 heterocycles. The molecule has 0 atom stereocenters. The van der Waals surface area contributed by atoms with E-state index in [4.69, 9.17) is 0 Å². The summed E-state index contributed by atoms with van der Waals surface area (Å²) >= 11 is 3.31. The Kier molecular flexibility index (Phi) is 6.41. The second kappa shape index (κ2) is 7.40. The summed E-state index contributed by atoms with van der Waals surface area (Å²) in [5.41, 5.74) is 0.679. The van der Waals surface area contributed by atoms with Gasteiger partial charge in [-0.25, -0.2) is 8.42 Å². The summed E-state index contributed by atoms with van der Waals surface area (Å²) in [5, 5.41) is 0. The van der Waals surface area contributed by atoms with Gasteiger partial charge in [-0.05, 0) is 45.4 Å². The van der Waals surface area contributed by atoms with E-state index < -0.39 is 15.6 Å². The first kappa shape index (κ1) is 18.2. The van der Waals surface area contributed by atoms with Crippen LogP contribution in [0.3, 0.4) is 0 Å². The van der Waals surface area contributed by atoms with Crippen LogP contribution >= 0.6 is 15.9 Å². The number of halogens is 1. The van der Waals surface area contributed by atoms with E-state index in [2.05, 4.69) is 15.9 Å². The molecular weight excluding hydrogens is 354 g/mol. The molecular formula is C15H22BrNO3S. The monoisotopic (exact) mass is 375 g/mol. The molecule has 0 aliphatic heterocycles. The minimum Gasteiger partial charge on any atom is -0.337 e. The summed E-state index contributed by atoms with van der Waals surface area (Å²) in [6.45, 7) is 7.55. The zero-order chi connectivity index (χ0) is 16.2. The Morgan fingerprint density at radius 1 is 1.19 bits per heavy atom. The summed E-state index contributed by atoms with van der Waals surface area (Å²) in [4.78, 5) is 13.8. The second-order valence-corrected chi connectivity index (χ2v) is 8.63. The van der Waals surface area contributed by atoms with Gasteiger partial charge in [-0.2, -0.15) is 0 Å². The van der Waals surface area contributed by atoms with Crippen molar-refractivity contribution in [3.8, 4) is 0 Å². The molecule has 1 amide bonds. The minimum absolute atomic E-state index is 0.0152. The van der Waals surface area contributed by atoms with Gasteiger partial charge in [0.1, 0.15) is 5.75 Å². The first-order valence-corrected chi connectivity index (χ1v) is 9.50. The van der Waals surface area contributed by atoms with Gasteiger partial charge < -0.3 is 4.90 Å². The van der Waals surface area contributed by atoms with E-state index in [0.717, 1.165) is 4.47 Å². The van der Waals surface area contributed by atoms with Crippen LogP contribution in [0.5, 0.6) is 0 Å². The van der Waals surface area contributed by atoms with Gasteiger partial charge in [-0.1, -0.05) is 28.1 Å². The Hall–Kier alpha value is -0.880. The van der Waals surface area contributed by atoms with Crippen LogP contribution in [-0.2, 0) is 20.4 Å². The van der Waals surface area contributed by atoms with Crippen molar-refractivity contribution in [2.45, 2.75) is 45.5 Å². The predicted molar refractivity (Wildman–Crippen MR) is 88.8 cm³/mol. The molecule has 0 N–H and O–H groups in total. The summed E-state index contributed by atoms with van der Waals surface area (Å²) in [6.07, 6.45) is 0. The third kappa shape index (κ3) is 5.79. The predicted octanol–water partition coefficient (Wildman–Crippen LogP) is 3.01. The van der Waals surface area contributed by atoms with Crippen molar-refractivity contribution in [2.24, 2.45) is 0 Å². The fourth-order valence-electron chi connectivity index (χ4n) is 2.37. The maximum atomic E-state index is 12.2. The van der Waals surface area contributed by atoms with Gasteiger partial charge in [0.25, 0.3) is 0 Å². The highest BCUT2D eigenvalue weighted by molar-refractivity contribution is 9.10. The van der Waals surface area contributed by atoms with E-state index in [1.54, 1.807) is 23.1 Å². The lowest BCUT2D eigenvalue weighted by Gasteiger charge is -2.30. The Labute approximate surface area is 135 Å². The van der Waals surface area contributed by atoms with Gasteiger partial charge in [-0.3, -0.25) is 4.79 Å². The maximum absolute atomic E-state index is 12.2. The van der Waals surface area contributed by atoms with E-state index >= 15 is 0 Å². The zero-order valence-electron chi connectivity index (χ0n) is 12.8. The fourth-order valence-corrected chi connectivity index (χ4v) is 4.13. The molecule has 1 rings (SSSR count). The largest absolute Gasteiger partial charge is 0.337 e. The standard InChI is InChI=1S/C15H22BrNO3S/c1-11(2)17(12(3)4)15(18)10-21(19,20)9-13-6-5-7-14(16)8-13/h5-8,11-12H,9-10H2,1-4H3. The van der Waals surface area contributed by atoms with Gasteiger partial charge in [0.15, 0.2) is 9.84 Å². The van der Waals surface area contributed by atoms with Crippen molar-refractivity contribution in [1.82, 2.24) is 4.90 Å². The van der Waals surface area contributed by atoms with Crippen molar-refractivity contribution >= 4 is 31.7 Å². The molecule has 0 spiro atoms.